The highest BCUT2D eigenvalue weighted by molar-refractivity contribution is 9.10. The maximum Gasteiger partial charge on any atom is 0.233 e. The maximum absolute atomic E-state index is 11.5. The van der Waals surface area contributed by atoms with Crippen LogP contribution in [0.1, 0.15) is 18.9 Å². The largest absolute Gasteiger partial charge is 0.489 e. The van der Waals surface area contributed by atoms with Crippen LogP contribution < -0.4 is 15.4 Å². The Bertz CT molecular complexity index is 515. The molecule has 1 aliphatic rings. The zero-order valence-electron chi connectivity index (χ0n) is 11.5. The van der Waals surface area contributed by atoms with Crippen LogP contribution in [0.3, 0.4) is 0 Å². The second kappa shape index (κ2) is 7.45. The molecule has 1 aromatic carbocycles. The SMILES string of the molecule is CCCNC(=O)CNCC1=Cc2cc(Br)ccc2OC1. The zero-order valence-corrected chi connectivity index (χ0v) is 13.1. The van der Waals surface area contributed by atoms with Gasteiger partial charge in [0.25, 0.3) is 0 Å². The van der Waals surface area contributed by atoms with Crippen LogP contribution in [-0.2, 0) is 4.79 Å². The molecule has 0 aliphatic carbocycles. The van der Waals surface area contributed by atoms with Crippen molar-refractivity contribution >= 4 is 27.9 Å². The van der Waals surface area contributed by atoms with Crippen LogP contribution in [0.15, 0.2) is 28.2 Å². The van der Waals surface area contributed by atoms with Crippen LogP contribution in [0.4, 0.5) is 0 Å². The minimum atomic E-state index is 0.0346. The third kappa shape index (κ3) is 4.35. The van der Waals surface area contributed by atoms with Crippen molar-refractivity contribution < 1.29 is 9.53 Å². The average Bonchev–Trinajstić information content (AvgIpc) is 2.44. The van der Waals surface area contributed by atoms with Gasteiger partial charge in [-0.05, 0) is 36.3 Å². The molecule has 2 rings (SSSR count). The van der Waals surface area contributed by atoms with Crippen LogP contribution in [0.2, 0.25) is 0 Å². The number of fused-ring (bicyclic) bond motifs is 1. The van der Waals surface area contributed by atoms with Gasteiger partial charge in [0, 0.05) is 23.1 Å². The molecule has 4 nitrogen and oxygen atoms in total. The Labute approximate surface area is 127 Å². The smallest absolute Gasteiger partial charge is 0.233 e. The van der Waals surface area contributed by atoms with Gasteiger partial charge in [0.2, 0.25) is 5.91 Å². The minimum Gasteiger partial charge on any atom is -0.489 e. The molecule has 0 saturated carbocycles. The molecular formula is C15H19BrN2O2. The van der Waals surface area contributed by atoms with Crippen molar-refractivity contribution in [1.29, 1.82) is 0 Å². The van der Waals surface area contributed by atoms with Gasteiger partial charge in [0.05, 0.1) is 6.54 Å². The van der Waals surface area contributed by atoms with Crippen molar-refractivity contribution in [3.63, 3.8) is 0 Å². The first kappa shape index (κ1) is 15.1. The van der Waals surface area contributed by atoms with E-state index >= 15 is 0 Å². The van der Waals surface area contributed by atoms with Crippen molar-refractivity contribution in [2.24, 2.45) is 0 Å². The first-order valence-corrected chi connectivity index (χ1v) is 7.57. The molecule has 0 aromatic heterocycles. The van der Waals surface area contributed by atoms with Gasteiger partial charge in [-0.25, -0.2) is 0 Å². The molecular weight excluding hydrogens is 320 g/mol. The second-order valence-electron chi connectivity index (χ2n) is 4.73. The number of carbonyl (C=O) groups is 1. The van der Waals surface area contributed by atoms with E-state index in [1.807, 2.05) is 25.1 Å². The van der Waals surface area contributed by atoms with Gasteiger partial charge in [-0.15, -0.1) is 0 Å². The van der Waals surface area contributed by atoms with Gasteiger partial charge in [-0.1, -0.05) is 22.9 Å². The topological polar surface area (TPSA) is 50.4 Å². The Morgan fingerprint density at radius 2 is 2.30 bits per heavy atom. The molecule has 20 heavy (non-hydrogen) atoms. The van der Waals surface area contributed by atoms with E-state index in [0.29, 0.717) is 19.7 Å². The number of rotatable bonds is 6. The van der Waals surface area contributed by atoms with Gasteiger partial charge >= 0.3 is 0 Å². The standard InChI is InChI=1S/C15H19BrN2O2/c1-2-5-18-15(19)9-17-8-11-6-12-7-13(16)3-4-14(12)20-10-11/h3-4,6-7,17H,2,5,8-10H2,1H3,(H,18,19). The number of halogens is 1. The maximum atomic E-state index is 11.5. The number of ether oxygens (including phenoxy) is 1. The van der Waals surface area contributed by atoms with Crippen LogP contribution >= 0.6 is 15.9 Å². The van der Waals surface area contributed by atoms with Crippen molar-refractivity contribution in [2.45, 2.75) is 13.3 Å². The fraction of sp³-hybridized carbons (Fsp3) is 0.400. The van der Waals surface area contributed by atoms with Gasteiger partial charge in [0.15, 0.2) is 0 Å². The Kier molecular flexibility index (Phi) is 5.61. The van der Waals surface area contributed by atoms with Gasteiger partial charge in [0.1, 0.15) is 12.4 Å². The van der Waals surface area contributed by atoms with Crippen LogP contribution in [-0.4, -0.2) is 32.1 Å². The quantitative estimate of drug-likeness (QED) is 0.837. The molecule has 0 fully saturated rings. The molecule has 0 spiro atoms. The molecule has 2 N–H and O–H groups in total. The summed E-state index contributed by atoms with van der Waals surface area (Å²) < 4.78 is 6.72. The first-order chi connectivity index (χ1) is 9.69. The van der Waals surface area contributed by atoms with Crippen molar-refractivity contribution in [1.82, 2.24) is 10.6 Å². The van der Waals surface area contributed by atoms with Gasteiger partial charge in [-0.2, -0.15) is 0 Å². The normalized spacial score (nSPS) is 13.2. The zero-order chi connectivity index (χ0) is 14.4. The summed E-state index contributed by atoms with van der Waals surface area (Å²) in [7, 11) is 0. The number of hydrogen-bond donors (Lipinski definition) is 2. The molecule has 0 radical (unpaired) electrons. The van der Waals surface area contributed by atoms with Gasteiger partial charge in [-0.3, -0.25) is 4.79 Å². The molecule has 0 atom stereocenters. The molecule has 0 unspecified atom stereocenters. The summed E-state index contributed by atoms with van der Waals surface area (Å²) in [6, 6.07) is 5.95. The summed E-state index contributed by atoms with van der Waals surface area (Å²) in [5.74, 6) is 0.935. The lowest BCUT2D eigenvalue weighted by molar-refractivity contribution is -0.120. The first-order valence-electron chi connectivity index (χ1n) is 6.78. The van der Waals surface area contributed by atoms with E-state index in [1.165, 1.54) is 0 Å². The van der Waals surface area contributed by atoms with E-state index in [2.05, 4.69) is 32.6 Å². The Balaban J connectivity index is 1.84. The number of carbonyl (C=O) groups excluding carboxylic acids is 1. The number of amides is 1. The summed E-state index contributed by atoms with van der Waals surface area (Å²) >= 11 is 3.45. The van der Waals surface area contributed by atoms with E-state index in [0.717, 1.165) is 34.3 Å². The predicted molar refractivity (Wildman–Crippen MR) is 83.8 cm³/mol. The lowest BCUT2D eigenvalue weighted by atomic mass is 10.1. The highest BCUT2D eigenvalue weighted by Gasteiger charge is 2.11. The Hall–Kier alpha value is -1.33. The molecule has 1 heterocycles. The molecule has 1 aromatic rings. The fourth-order valence-corrected chi connectivity index (χ4v) is 2.34. The monoisotopic (exact) mass is 338 g/mol. The molecule has 5 heteroatoms. The molecule has 0 saturated heterocycles. The third-order valence-corrected chi connectivity index (χ3v) is 3.45. The summed E-state index contributed by atoms with van der Waals surface area (Å²) in [5.41, 5.74) is 2.21. The Morgan fingerprint density at radius 3 is 3.10 bits per heavy atom. The minimum absolute atomic E-state index is 0.0346. The summed E-state index contributed by atoms with van der Waals surface area (Å²) in [5, 5.41) is 5.97. The van der Waals surface area contributed by atoms with E-state index < -0.39 is 0 Å². The van der Waals surface area contributed by atoms with Crippen molar-refractivity contribution in [3.8, 4) is 5.75 Å². The lowest BCUT2D eigenvalue weighted by Gasteiger charge is -2.18. The van der Waals surface area contributed by atoms with Crippen LogP contribution in [0.5, 0.6) is 5.75 Å². The summed E-state index contributed by atoms with van der Waals surface area (Å²) in [6.07, 6.45) is 3.07. The van der Waals surface area contributed by atoms with Crippen molar-refractivity contribution in [2.75, 3.05) is 26.2 Å². The second-order valence-corrected chi connectivity index (χ2v) is 5.64. The third-order valence-electron chi connectivity index (χ3n) is 2.95. The van der Waals surface area contributed by atoms with Crippen molar-refractivity contribution in [3.05, 3.63) is 33.8 Å². The highest BCUT2D eigenvalue weighted by atomic mass is 79.9. The molecule has 1 amide bonds. The van der Waals surface area contributed by atoms with Gasteiger partial charge < -0.3 is 15.4 Å². The number of nitrogens with one attached hydrogen (secondary N) is 2. The summed E-state index contributed by atoms with van der Waals surface area (Å²) in [4.78, 5) is 11.5. The molecule has 1 aliphatic heterocycles. The van der Waals surface area contributed by atoms with Crippen LogP contribution in [0, 0.1) is 0 Å². The molecule has 108 valence electrons. The van der Waals surface area contributed by atoms with E-state index in [-0.39, 0.29) is 5.91 Å². The average molecular weight is 339 g/mol. The highest BCUT2D eigenvalue weighted by Crippen LogP contribution is 2.28. The number of benzene rings is 1. The fourth-order valence-electron chi connectivity index (χ4n) is 1.96. The summed E-state index contributed by atoms with van der Waals surface area (Å²) in [6.45, 7) is 4.33. The lowest BCUT2D eigenvalue weighted by Crippen LogP contribution is -2.35. The Morgan fingerprint density at radius 1 is 1.45 bits per heavy atom. The van der Waals surface area contributed by atoms with Crippen LogP contribution in [0.25, 0.3) is 6.08 Å². The number of hydrogen-bond acceptors (Lipinski definition) is 3. The molecule has 0 bridgehead atoms. The van der Waals surface area contributed by atoms with E-state index in [1.54, 1.807) is 0 Å². The van der Waals surface area contributed by atoms with E-state index in [9.17, 15) is 4.79 Å². The van der Waals surface area contributed by atoms with E-state index in [4.69, 9.17) is 4.74 Å². The predicted octanol–water partition coefficient (Wildman–Crippen LogP) is 2.34.